The van der Waals surface area contributed by atoms with E-state index < -0.39 is 0 Å². The lowest BCUT2D eigenvalue weighted by molar-refractivity contribution is -0.121. The summed E-state index contributed by atoms with van der Waals surface area (Å²) in [7, 11) is 0. The highest BCUT2D eigenvalue weighted by molar-refractivity contribution is 8.01. The molecule has 0 radical (unpaired) electrons. The van der Waals surface area contributed by atoms with Gasteiger partial charge in [-0.2, -0.15) is 0 Å². The number of hydrogen-bond donors (Lipinski definition) is 1. The molecule has 0 aliphatic carbocycles. The topological polar surface area (TPSA) is 42.0 Å². The van der Waals surface area contributed by atoms with E-state index in [2.05, 4.69) is 35.4 Å². The molecule has 1 amide bonds. The maximum absolute atomic E-state index is 12.4. The van der Waals surface area contributed by atoms with Crippen molar-refractivity contribution in [2.24, 2.45) is 0 Å². The van der Waals surface area contributed by atoms with Gasteiger partial charge in [-0.3, -0.25) is 9.78 Å². The van der Waals surface area contributed by atoms with Crippen LogP contribution in [0.1, 0.15) is 29.8 Å². The molecule has 0 bridgehead atoms. The molecular weight excluding hydrogens is 280 g/mol. The summed E-state index contributed by atoms with van der Waals surface area (Å²) in [6.45, 7) is 4.05. The highest BCUT2D eigenvalue weighted by atomic mass is 32.2. The lowest BCUT2D eigenvalue weighted by Gasteiger charge is -2.16. The predicted octanol–water partition coefficient (Wildman–Crippen LogP) is 3.28. The monoisotopic (exact) mass is 298 g/mol. The highest BCUT2D eigenvalue weighted by Crippen LogP contribution is 2.37. The molecule has 2 heterocycles. The quantitative estimate of drug-likeness (QED) is 0.945. The van der Waals surface area contributed by atoms with Gasteiger partial charge in [-0.1, -0.05) is 23.8 Å². The minimum atomic E-state index is -0.0650. The second-order valence-corrected chi connectivity index (χ2v) is 6.65. The van der Waals surface area contributed by atoms with Gasteiger partial charge in [0.25, 0.3) is 0 Å². The Morgan fingerprint density at radius 2 is 2.24 bits per heavy atom. The molecule has 2 aromatic rings. The number of pyridine rings is 1. The van der Waals surface area contributed by atoms with Crippen molar-refractivity contribution in [2.75, 3.05) is 0 Å². The molecule has 3 rings (SSSR count). The van der Waals surface area contributed by atoms with E-state index in [0.717, 1.165) is 12.1 Å². The maximum atomic E-state index is 12.4. The van der Waals surface area contributed by atoms with Crippen LogP contribution in [-0.2, 0) is 11.2 Å². The Bertz CT molecular complexity index is 657. The van der Waals surface area contributed by atoms with Crippen molar-refractivity contribution in [2.45, 2.75) is 36.5 Å². The number of carbonyl (C=O) groups excluding carboxylic acids is 1. The maximum Gasteiger partial charge on any atom is 0.234 e. The average Bonchev–Trinajstić information content (AvgIpc) is 2.91. The van der Waals surface area contributed by atoms with Gasteiger partial charge >= 0.3 is 0 Å². The van der Waals surface area contributed by atoms with Crippen molar-refractivity contribution in [3.63, 3.8) is 0 Å². The summed E-state index contributed by atoms with van der Waals surface area (Å²) in [5.41, 5.74) is 3.41. The first-order chi connectivity index (χ1) is 10.1. The normalized spacial score (nSPS) is 18.1. The number of carbonyl (C=O) groups is 1. The van der Waals surface area contributed by atoms with E-state index in [0.29, 0.717) is 0 Å². The third-order valence-electron chi connectivity index (χ3n) is 3.68. The lowest BCUT2D eigenvalue weighted by Crippen LogP contribution is -2.34. The number of fused-ring (bicyclic) bond motifs is 1. The van der Waals surface area contributed by atoms with Crippen LogP contribution in [0.15, 0.2) is 47.5 Å². The van der Waals surface area contributed by atoms with Gasteiger partial charge in [-0.15, -0.1) is 11.8 Å². The first kappa shape index (κ1) is 14.1. The van der Waals surface area contributed by atoms with Gasteiger partial charge in [-0.25, -0.2) is 0 Å². The average molecular weight is 298 g/mol. The van der Waals surface area contributed by atoms with Crippen molar-refractivity contribution < 1.29 is 4.79 Å². The van der Waals surface area contributed by atoms with Crippen molar-refractivity contribution >= 4 is 17.7 Å². The molecule has 1 aliphatic rings. The fourth-order valence-corrected chi connectivity index (χ4v) is 3.79. The Hall–Kier alpha value is -1.81. The van der Waals surface area contributed by atoms with Crippen LogP contribution in [0.2, 0.25) is 0 Å². The zero-order chi connectivity index (χ0) is 14.8. The molecule has 2 atom stereocenters. The van der Waals surface area contributed by atoms with Gasteiger partial charge in [0.2, 0.25) is 5.91 Å². The molecular formula is C17H18N2OS. The molecule has 0 saturated carbocycles. The number of nitrogens with one attached hydrogen (secondary N) is 1. The van der Waals surface area contributed by atoms with E-state index >= 15 is 0 Å². The standard InChI is InChI=1S/C17H18N2OS/c1-11-6-7-13-10-16(21-15(13)9-11)17(20)19-12(2)14-5-3-4-8-18-14/h3-9,12,16H,10H2,1-2H3,(H,19,20)/t12-,16-/m1/s1. The Balaban J connectivity index is 1.65. The molecule has 108 valence electrons. The van der Waals surface area contributed by atoms with Gasteiger partial charge in [-0.05, 0) is 44.0 Å². The van der Waals surface area contributed by atoms with E-state index in [1.807, 2.05) is 25.1 Å². The lowest BCUT2D eigenvalue weighted by atomic mass is 10.1. The SMILES string of the molecule is Cc1ccc2c(c1)S[C@@H](C(=O)N[C@H](C)c1ccccn1)C2. The second-order valence-electron chi connectivity index (χ2n) is 5.41. The van der Waals surface area contributed by atoms with E-state index in [9.17, 15) is 4.79 Å². The molecule has 4 heteroatoms. The number of thioether (sulfide) groups is 1. The summed E-state index contributed by atoms with van der Waals surface area (Å²) in [5, 5.41) is 3.03. The first-order valence-corrected chi connectivity index (χ1v) is 7.99. The van der Waals surface area contributed by atoms with Gasteiger partial charge in [0, 0.05) is 11.1 Å². The number of amides is 1. The molecule has 0 saturated heterocycles. The molecule has 0 spiro atoms. The van der Waals surface area contributed by atoms with Crippen molar-refractivity contribution in [3.05, 3.63) is 59.4 Å². The number of hydrogen-bond acceptors (Lipinski definition) is 3. The van der Waals surface area contributed by atoms with Gasteiger partial charge in [0.15, 0.2) is 0 Å². The smallest absolute Gasteiger partial charge is 0.234 e. The Morgan fingerprint density at radius 1 is 1.38 bits per heavy atom. The van der Waals surface area contributed by atoms with Crippen LogP contribution >= 0.6 is 11.8 Å². The van der Waals surface area contributed by atoms with Crippen LogP contribution in [0.3, 0.4) is 0 Å². The largest absolute Gasteiger partial charge is 0.347 e. The highest BCUT2D eigenvalue weighted by Gasteiger charge is 2.29. The fraction of sp³-hybridized carbons (Fsp3) is 0.294. The third kappa shape index (κ3) is 3.10. The summed E-state index contributed by atoms with van der Waals surface area (Å²) in [5.74, 6) is 0.0898. The molecule has 21 heavy (non-hydrogen) atoms. The van der Waals surface area contributed by atoms with E-state index in [-0.39, 0.29) is 17.2 Å². The summed E-state index contributed by atoms with van der Waals surface area (Å²) in [6, 6.07) is 12.1. The van der Waals surface area contributed by atoms with Crippen molar-refractivity contribution in [1.29, 1.82) is 0 Å². The van der Waals surface area contributed by atoms with E-state index in [4.69, 9.17) is 0 Å². The van der Waals surface area contributed by atoms with Crippen LogP contribution in [0.5, 0.6) is 0 Å². The summed E-state index contributed by atoms with van der Waals surface area (Å²) in [6.07, 6.45) is 2.56. The fourth-order valence-electron chi connectivity index (χ4n) is 2.49. The molecule has 0 fully saturated rings. The van der Waals surface area contributed by atoms with Crippen molar-refractivity contribution in [1.82, 2.24) is 10.3 Å². The molecule has 1 aliphatic heterocycles. The van der Waals surface area contributed by atoms with Crippen LogP contribution in [0.25, 0.3) is 0 Å². The van der Waals surface area contributed by atoms with Crippen LogP contribution in [0, 0.1) is 6.92 Å². The zero-order valence-electron chi connectivity index (χ0n) is 12.2. The third-order valence-corrected chi connectivity index (χ3v) is 4.98. The predicted molar refractivity (Wildman–Crippen MR) is 85.3 cm³/mol. The summed E-state index contributed by atoms with van der Waals surface area (Å²) in [4.78, 5) is 17.9. The Kier molecular flexibility index (Phi) is 3.97. The van der Waals surface area contributed by atoms with Gasteiger partial charge < -0.3 is 5.32 Å². The molecule has 1 aromatic carbocycles. The molecule has 0 unspecified atom stereocenters. The Morgan fingerprint density at radius 3 is 3.00 bits per heavy atom. The van der Waals surface area contributed by atoms with Gasteiger partial charge in [0.1, 0.15) is 0 Å². The van der Waals surface area contributed by atoms with Crippen LogP contribution in [0.4, 0.5) is 0 Å². The minimum absolute atomic E-state index is 0.0343. The van der Waals surface area contributed by atoms with Crippen LogP contribution < -0.4 is 5.32 Å². The zero-order valence-corrected chi connectivity index (χ0v) is 13.0. The Labute approximate surface area is 129 Å². The van der Waals surface area contributed by atoms with E-state index in [1.165, 1.54) is 16.0 Å². The first-order valence-electron chi connectivity index (χ1n) is 7.11. The van der Waals surface area contributed by atoms with Crippen molar-refractivity contribution in [3.8, 4) is 0 Å². The summed E-state index contributed by atoms with van der Waals surface area (Å²) >= 11 is 1.66. The molecule has 3 nitrogen and oxygen atoms in total. The second kappa shape index (κ2) is 5.90. The van der Waals surface area contributed by atoms with E-state index in [1.54, 1.807) is 18.0 Å². The van der Waals surface area contributed by atoms with Gasteiger partial charge in [0.05, 0.1) is 17.0 Å². The number of rotatable bonds is 3. The number of aryl methyl sites for hydroxylation is 1. The number of benzene rings is 1. The number of nitrogens with zero attached hydrogens (tertiary/aromatic N) is 1. The molecule has 1 aromatic heterocycles. The number of aromatic nitrogens is 1. The van der Waals surface area contributed by atoms with Crippen LogP contribution in [-0.4, -0.2) is 16.1 Å². The minimum Gasteiger partial charge on any atom is -0.347 e. The molecule has 1 N–H and O–H groups in total. The summed E-state index contributed by atoms with van der Waals surface area (Å²) < 4.78 is 0.